The van der Waals surface area contributed by atoms with Crippen LogP contribution in [0.2, 0.25) is 0 Å². The van der Waals surface area contributed by atoms with Crippen molar-refractivity contribution < 1.29 is 9.31 Å². The first kappa shape index (κ1) is 10.1. The largest absolute Gasteiger partial charge is 0.277 e. The van der Waals surface area contributed by atoms with E-state index in [1.165, 1.54) is 12.2 Å². The van der Waals surface area contributed by atoms with Gasteiger partial charge in [-0.25, -0.2) is 4.39 Å². The molecule has 0 heterocycles. The van der Waals surface area contributed by atoms with Crippen molar-refractivity contribution in [3.05, 3.63) is 52.3 Å². The van der Waals surface area contributed by atoms with Crippen LogP contribution in [0.4, 0.5) is 10.1 Å². The zero-order valence-electron chi connectivity index (χ0n) is 7.37. The van der Waals surface area contributed by atoms with E-state index in [1.807, 2.05) is 0 Å². The van der Waals surface area contributed by atoms with Gasteiger partial charge in [0.05, 0.1) is 10.5 Å². The average Bonchev–Trinajstić information content (AvgIpc) is 2.16. The van der Waals surface area contributed by atoms with Crippen LogP contribution in [-0.4, -0.2) is 4.92 Å². The molecule has 0 aliphatic carbocycles. The van der Waals surface area contributed by atoms with Crippen LogP contribution >= 0.6 is 0 Å². The number of hydrogen-bond donors (Lipinski definition) is 0. The van der Waals surface area contributed by atoms with Gasteiger partial charge in [-0.1, -0.05) is 25.3 Å². The first-order valence-corrected chi connectivity index (χ1v) is 3.83. The standard InChI is InChI=1S/C10H8FNO2/c1-3-7-8(4-2)10(12(13)14)6-5-9(7)11/h3-6H,1-2H2. The van der Waals surface area contributed by atoms with Crippen molar-refractivity contribution in [1.82, 2.24) is 0 Å². The highest BCUT2D eigenvalue weighted by Crippen LogP contribution is 2.26. The molecule has 0 atom stereocenters. The fraction of sp³-hybridized carbons (Fsp3) is 0. The normalized spacial score (nSPS) is 9.50. The minimum absolute atomic E-state index is 0.106. The highest BCUT2D eigenvalue weighted by Gasteiger charge is 2.16. The first-order chi connectivity index (χ1) is 6.61. The van der Waals surface area contributed by atoms with Gasteiger partial charge in [0, 0.05) is 11.6 Å². The summed E-state index contributed by atoms with van der Waals surface area (Å²) in [5.41, 5.74) is 0.0931. The monoisotopic (exact) mass is 193 g/mol. The highest BCUT2D eigenvalue weighted by atomic mass is 19.1. The lowest BCUT2D eigenvalue weighted by atomic mass is 10.0. The SMILES string of the molecule is C=Cc1c(F)ccc([N+](=O)[O-])c1C=C. The first-order valence-electron chi connectivity index (χ1n) is 3.83. The molecule has 1 aromatic carbocycles. The van der Waals surface area contributed by atoms with E-state index < -0.39 is 10.7 Å². The zero-order chi connectivity index (χ0) is 10.7. The zero-order valence-corrected chi connectivity index (χ0v) is 7.37. The smallest absolute Gasteiger partial charge is 0.258 e. The van der Waals surface area contributed by atoms with Gasteiger partial charge < -0.3 is 0 Å². The van der Waals surface area contributed by atoms with Gasteiger partial charge in [0.2, 0.25) is 0 Å². The highest BCUT2D eigenvalue weighted by molar-refractivity contribution is 5.71. The molecule has 1 rings (SSSR count). The molecule has 0 unspecified atom stereocenters. The maximum Gasteiger partial charge on any atom is 0.277 e. The van der Waals surface area contributed by atoms with Gasteiger partial charge in [-0.05, 0) is 6.07 Å². The Morgan fingerprint density at radius 1 is 1.29 bits per heavy atom. The summed E-state index contributed by atoms with van der Waals surface area (Å²) >= 11 is 0. The fourth-order valence-corrected chi connectivity index (χ4v) is 1.18. The molecule has 0 aliphatic rings. The molecule has 0 fully saturated rings. The number of benzene rings is 1. The quantitative estimate of drug-likeness (QED) is 0.547. The maximum absolute atomic E-state index is 13.1. The van der Waals surface area contributed by atoms with Gasteiger partial charge in [0.25, 0.3) is 5.69 Å². The molecule has 0 radical (unpaired) electrons. The third-order valence-electron chi connectivity index (χ3n) is 1.82. The Hall–Kier alpha value is -1.97. The van der Waals surface area contributed by atoms with Gasteiger partial charge >= 0.3 is 0 Å². The molecule has 0 N–H and O–H groups in total. The molecule has 1 aromatic rings. The summed E-state index contributed by atoms with van der Waals surface area (Å²) in [5.74, 6) is -0.541. The summed E-state index contributed by atoms with van der Waals surface area (Å²) in [7, 11) is 0. The van der Waals surface area contributed by atoms with Crippen LogP contribution in [0.1, 0.15) is 11.1 Å². The van der Waals surface area contributed by atoms with E-state index in [1.54, 1.807) is 0 Å². The number of rotatable bonds is 3. The molecular weight excluding hydrogens is 185 g/mol. The molecule has 0 saturated carbocycles. The molecule has 0 spiro atoms. The Balaban J connectivity index is 3.56. The van der Waals surface area contributed by atoms with Crippen LogP contribution in [0.3, 0.4) is 0 Å². The molecule has 72 valence electrons. The summed E-state index contributed by atoms with van der Waals surface area (Å²) in [5, 5.41) is 10.6. The predicted octanol–water partition coefficient (Wildman–Crippen LogP) is 3.02. The number of halogens is 1. The summed E-state index contributed by atoms with van der Waals surface area (Å²) < 4.78 is 13.1. The van der Waals surface area contributed by atoms with Crippen LogP contribution in [-0.2, 0) is 0 Å². The molecule has 4 heteroatoms. The third kappa shape index (κ3) is 1.54. The summed E-state index contributed by atoms with van der Waals surface area (Å²) in [6.45, 7) is 6.80. The summed E-state index contributed by atoms with van der Waals surface area (Å²) in [6.07, 6.45) is 2.48. The van der Waals surface area contributed by atoms with Crippen molar-refractivity contribution in [2.75, 3.05) is 0 Å². The Kier molecular flexibility index (Phi) is 2.76. The van der Waals surface area contributed by atoms with Gasteiger partial charge in [0.1, 0.15) is 5.82 Å². The van der Waals surface area contributed by atoms with E-state index in [0.717, 1.165) is 12.1 Å². The molecular formula is C10H8FNO2. The minimum atomic E-state index is -0.580. The van der Waals surface area contributed by atoms with Gasteiger partial charge in [0.15, 0.2) is 0 Å². The Morgan fingerprint density at radius 3 is 2.29 bits per heavy atom. The predicted molar refractivity (Wildman–Crippen MR) is 53.2 cm³/mol. The van der Waals surface area contributed by atoms with Crippen LogP contribution in [0.5, 0.6) is 0 Å². The van der Waals surface area contributed by atoms with Crippen molar-refractivity contribution in [2.45, 2.75) is 0 Å². The van der Waals surface area contributed by atoms with Crippen molar-refractivity contribution in [3.63, 3.8) is 0 Å². The lowest BCUT2D eigenvalue weighted by molar-refractivity contribution is -0.385. The Labute approximate surface area is 80.3 Å². The van der Waals surface area contributed by atoms with Crippen LogP contribution in [0, 0.1) is 15.9 Å². The van der Waals surface area contributed by atoms with E-state index in [-0.39, 0.29) is 16.8 Å². The van der Waals surface area contributed by atoms with E-state index in [9.17, 15) is 14.5 Å². The summed E-state index contributed by atoms with van der Waals surface area (Å²) in [4.78, 5) is 9.98. The van der Waals surface area contributed by atoms with Crippen LogP contribution in [0.25, 0.3) is 12.2 Å². The number of nitro groups is 1. The summed E-state index contributed by atoms with van der Waals surface area (Å²) in [6, 6.07) is 2.15. The number of nitro benzene ring substituents is 1. The molecule has 3 nitrogen and oxygen atoms in total. The number of nitrogens with zero attached hydrogens (tertiary/aromatic N) is 1. The van der Waals surface area contributed by atoms with Crippen molar-refractivity contribution in [3.8, 4) is 0 Å². The number of hydrogen-bond acceptors (Lipinski definition) is 2. The Morgan fingerprint density at radius 2 is 1.86 bits per heavy atom. The molecule has 0 amide bonds. The van der Waals surface area contributed by atoms with Crippen LogP contribution in [0.15, 0.2) is 25.3 Å². The van der Waals surface area contributed by atoms with Gasteiger partial charge in [-0.3, -0.25) is 10.1 Å². The van der Waals surface area contributed by atoms with Crippen molar-refractivity contribution in [1.29, 1.82) is 0 Å². The van der Waals surface area contributed by atoms with Gasteiger partial charge in [-0.2, -0.15) is 0 Å². The Bertz CT molecular complexity index is 413. The topological polar surface area (TPSA) is 43.1 Å². The minimum Gasteiger partial charge on any atom is -0.258 e. The lowest BCUT2D eigenvalue weighted by Gasteiger charge is -2.02. The third-order valence-corrected chi connectivity index (χ3v) is 1.82. The second-order valence-electron chi connectivity index (χ2n) is 2.56. The van der Waals surface area contributed by atoms with Crippen molar-refractivity contribution >= 4 is 17.8 Å². The molecule has 0 saturated heterocycles. The van der Waals surface area contributed by atoms with Crippen LogP contribution < -0.4 is 0 Å². The fourth-order valence-electron chi connectivity index (χ4n) is 1.18. The van der Waals surface area contributed by atoms with Crippen molar-refractivity contribution in [2.24, 2.45) is 0 Å². The molecule has 0 aromatic heterocycles. The second kappa shape index (κ2) is 3.83. The molecule has 14 heavy (non-hydrogen) atoms. The lowest BCUT2D eigenvalue weighted by Crippen LogP contribution is -1.96. The molecule has 0 aliphatic heterocycles. The maximum atomic E-state index is 13.1. The van der Waals surface area contributed by atoms with Gasteiger partial charge in [-0.15, -0.1) is 0 Å². The van der Waals surface area contributed by atoms with E-state index in [2.05, 4.69) is 13.2 Å². The molecule has 0 bridgehead atoms. The average molecular weight is 193 g/mol. The van der Waals surface area contributed by atoms with E-state index in [4.69, 9.17) is 0 Å². The van der Waals surface area contributed by atoms with E-state index >= 15 is 0 Å². The second-order valence-corrected chi connectivity index (χ2v) is 2.56. The van der Waals surface area contributed by atoms with E-state index in [0.29, 0.717) is 0 Å².